The van der Waals surface area contributed by atoms with Gasteiger partial charge in [-0.2, -0.15) is 11.8 Å². The van der Waals surface area contributed by atoms with Crippen LogP contribution < -0.4 is 15.0 Å². The number of aliphatic hydroxyl groups excluding tert-OH is 1. The Bertz CT molecular complexity index is 2210. The Kier molecular flexibility index (Phi) is 10.5. The second-order valence-corrected chi connectivity index (χ2v) is 20.0. The Morgan fingerprint density at radius 3 is 2.62 bits per heavy atom. The Morgan fingerprint density at radius 2 is 1.87 bits per heavy atom. The molecule has 2 aromatic carbocycles. The number of hydrogen-bond acceptors (Lipinski definition) is 11. The number of aromatic nitrogens is 1. The highest BCUT2D eigenvalue weighted by molar-refractivity contribution is 7.98. The molecule has 3 fully saturated rings. The Morgan fingerprint density at radius 1 is 1.07 bits per heavy atom. The normalized spacial score (nSPS) is 36.7. The van der Waals surface area contributed by atoms with E-state index in [-0.39, 0.29) is 18.6 Å². The van der Waals surface area contributed by atoms with E-state index in [1.54, 1.807) is 18.9 Å². The first-order valence-corrected chi connectivity index (χ1v) is 23.4. The summed E-state index contributed by atoms with van der Waals surface area (Å²) in [5, 5.41) is 41.8. The van der Waals surface area contributed by atoms with Gasteiger partial charge in [0.25, 0.3) is 0 Å². The van der Waals surface area contributed by atoms with Gasteiger partial charge in [-0.3, -0.25) is 14.6 Å². The number of benzene rings is 2. The van der Waals surface area contributed by atoms with Gasteiger partial charge in [0.05, 0.1) is 25.3 Å². The van der Waals surface area contributed by atoms with Crippen LogP contribution in [0.25, 0.3) is 10.9 Å². The molecule has 5 aliphatic heterocycles. The molecule has 6 aliphatic rings. The molecule has 3 aromatic rings. The van der Waals surface area contributed by atoms with Crippen molar-refractivity contribution in [3.8, 4) is 5.75 Å². The minimum absolute atomic E-state index is 0.195. The van der Waals surface area contributed by atoms with E-state index >= 15 is 0 Å². The molecule has 1 aromatic heterocycles. The summed E-state index contributed by atoms with van der Waals surface area (Å²) in [4.78, 5) is 38.4. The maximum Gasteiger partial charge on any atom is 0.407 e. The Labute approximate surface area is 358 Å². The van der Waals surface area contributed by atoms with Crippen LogP contribution in [0.15, 0.2) is 48.6 Å². The summed E-state index contributed by atoms with van der Waals surface area (Å²) in [6, 6.07) is 11.9. The molecule has 0 radical (unpaired) electrons. The molecular formula is C47H63N5O7S. The molecule has 1 amide bonds. The third kappa shape index (κ3) is 5.88. The summed E-state index contributed by atoms with van der Waals surface area (Å²) in [6.07, 6.45) is 8.03. The van der Waals surface area contributed by atoms with E-state index in [1.807, 2.05) is 25.1 Å². The lowest BCUT2D eigenvalue weighted by Crippen LogP contribution is -2.81. The molecular weight excluding hydrogens is 779 g/mol. The molecule has 6 heterocycles. The maximum absolute atomic E-state index is 14.8. The number of anilines is 1. The lowest BCUT2D eigenvalue weighted by Gasteiger charge is -2.63. The quantitative estimate of drug-likeness (QED) is 0.142. The predicted molar refractivity (Wildman–Crippen MR) is 235 cm³/mol. The number of rotatable bonds is 10. The number of methoxy groups -OCH3 is 1. The molecule has 2 bridgehead atoms. The smallest absolute Gasteiger partial charge is 0.407 e. The number of para-hydroxylation sites is 1. The van der Waals surface area contributed by atoms with Gasteiger partial charge < -0.3 is 40.0 Å². The average molecular weight is 842 g/mol. The molecule has 2 saturated heterocycles. The van der Waals surface area contributed by atoms with Gasteiger partial charge >= 0.3 is 6.09 Å². The van der Waals surface area contributed by atoms with E-state index < -0.39 is 58.0 Å². The highest BCUT2D eigenvalue weighted by atomic mass is 32.2. The largest absolute Gasteiger partial charge is 0.496 e. The topological polar surface area (TPSA) is 151 Å². The van der Waals surface area contributed by atoms with Gasteiger partial charge in [0.1, 0.15) is 18.5 Å². The number of aliphatic hydroxyl groups is 3. The zero-order valence-electron chi connectivity index (χ0n) is 36.1. The van der Waals surface area contributed by atoms with Crippen LogP contribution >= 0.6 is 11.8 Å². The third-order valence-electron chi connectivity index (χ3n) is 16.0. The number of piperidine rings is 1. The molecule has 1 spiro atoms. The fourth-order valence-electron chi connectivity index (χ4n) is 13.5. The van der Waals surface area contributed by atoms with E-state index in [0.717, 1.165) is 60.5 Å². The van der Waals surface area contributed by atoms with Crippen LogP contribution in [0, 0.1) is 11.3 Å². The molecule has 13 heteroatoms. The van der Waals surface area contributed by atoms with Gasteiger partial charge in [-0.25, -0.2) is 4.79 Å². The monoisotopic (exact) mass is 841 g/mol. The van der Waals surface area contributed by atoms with E-state index in [1.165, 1.54) is 10.9 Å². The number of thioether (sulfide) groups is 1. The fraction of sp³-hybridized carbons (Fsp3) is 0.617. The van der Waals surface area contributed by atoms with E-state index in [9.17, 15) is 24.9 Å². The van der Waals surface area contributed by atoms with Crippen molar-refractivity contribution in [2.24, 2.45) is 11.3 Å². The number of nitrogens with one attached hydrogen (secondary N) is 2. The van der Waals surface area contributed by atoms with Gasteiger partial charge in [0.15, 0.2) is 11.4 Å². The summed E-state index contributed by atoms with van der Waals surface area (Å²) >= 11 is 1.55. The predicted octanol–water partition coefficient (Wildman–Crippen LogP) is 4.75. The minimum atomic E-state index is -2.26. The highest BCUT2D eigenvalue weighted by Gasteiger charge is 2.78. The van der Waals surface area contributed by atoms with Gasteiger partial charge in [0, 0.05) is 95.2 Å². The minimum Gasteiger partial charge on any atom is -0.496 e. The zero-order valence-corrected chi connectivity index (χ0v) is 36.9. The summed E-state index contributed by atoms with van der Waals surface area (Å²) in [7, 11) is 3.64. The Hall–Kier alpha value is -3.59. The molecule has 10 atom stereocenters. The SMILES string of the molecule is CCC1(O)CC2CN(CCc3c([nH]c4ccccc34)[C@@](C)(c3cc4c(cc3OC)N(C)[C@H]3[C@@](O)(C(=O)CNC(=O)OCCSC)[C@H](O)[C@]5(CC)C=CCN6CC[C@]43C65)C2)C1. The number of alkyl carbamates (subject to hydrolysis) is 1. The van der Waals surface area contributed by atoms with Gasteiger partial charge in [0.2, 0.25) is 0 Å². The number of fused-ring (bicyclic) bond motifs is 6. The van der Waals surface area contributed by atoms with E-state index in [4.69, 9.17) is 9.47 Å². The number of Topliss-reactive ketones (excluding diaryl/α,β-unsaturated/α-hetero) is 1. The second-order valence-electron chi connectivity index (χ2n) is 19.0. The summed E-state index contributed by atoms with van der Waals surface area (Å²) < 4.78 is 11.7. The van der Waals surface area contributed by atoms with Crippen LogP contribution in [-0.2, 0) is 26.8 Å². The maximum atomic E-state index is 14.8. The molecule has 4 unspecified atom stereocenters. The summed E-state index contributed by atoms with van der Waals surface area (Å²) in [5.41, 5.74) is 1.10. The van der Waals surface area contributed by atoms with Gasteiger partial charge in [-0.1, -0.05) is 44.2 Å². The molecule has 60 heavy (non-hydrogen) atoms. The van der Waals surface area contributed by atoms with Crippen molar-refractivity contribution in [3.05, 3.63) is 70.9 Å². The number of carbonyl (C=O) groups excluding carboxylic acids is 2. The van der Waals surface area contributed by atoms with E-state index in [2.05, 4.69) is 82.5 Å². The van der Waals surface area contributed by atoms with Crippen LogP contribution in [0.2, 0.25) is 0 Å². The number of ether oxygens (including phenoxy) is 2. The standard InChI is InChI=1S/C47H63N5O7S/c1-7-44(56)25-29-24-43(3,38-31(14-18-51(27-29)28-44)30-12-9-10-13-34(30)49-38)33-22-32-35(23-36(33)58-5)50(4)40-46(32)16-19-52-17-11-15-45(8-2,39(46)52)41(54)47(40,57)37(53)26-48-42(55)59-20-21-60-6/h9-13,15,22-23,29,39-41,49,54,56-57H,7-8,14,16-21,24-28H2,1-6H3,(H,48,55)/t29?,39?,40-,41-,43-,44?,45-,46-,47+/m1/s1. The lowest BCUT2D eigenvalue weighted by atomic mass is 9.47. The van der Waals surface area contributed by atoms with Crippen molar-refractivity contribution in [1.82, 2.24) is 20.1 Å². The Balaban J connectivity index is 1.24. The first-order chi connectivity index (χ1) is 28.7. The molecule has 12 nitrogen and oxygen atoms in total. The van der Waals surface area contributed by atoms with Crippen molar-refractivity contribution >= 4 is 40.2 Å². The van der Waals surface area contributed by atoms with Crippen molar-refractivity contribution < 1.29 is 34.4 Å². The fourth-order valence-corrected chi connectivity index (χ4v) is 13.8. The number of ketones is 1. The van der Waals surface area contributed by atoms with E-state index in [0.29, 0.717) is 50.3 Å². The van der Waals surface area contributed by atoms with Crippen molar-refractivity contribution in [2.45, 2.75) is 99.5 Å². The number of nitrogens with zero attached hydrogens (tertiary/aromatic N) is 3. The van der Waals surface area contributed by atoms with Crippen LogP contribution in [0.3, 0.4) is 0 Å². The zero-order chi connectivity index (χ0) is 42.4. The number of carbonyl (C=O) groups is 2. The number of aromatic amines is 1. The van der Waals surface area contributed by atoms with Gasteiger partial charge in [-0.15, -0.1) is 0 Å². The third-order valence-corrected chi connectivity index (χ3v) is 16.6. The number of likely N-dealkylation sites (N-methyl/N-ethyl adjacent to an activating group) is 1. The van der Waals surface area contributed by atoms with Crippen molar-refractivity contribution in [3.63, 3.8) is 0 Å². The number of H-pyrrole nitrogens is 1. The van der Waals surface area contributed by atoms with Crippen molar-refractivity contribution in [2.75, 3.05) is 76.9 Å². The van der Waals surface area contributed by atoms with Crippen LogP contribution in [0.4, 0.5) is 10.5 Å². The average Bonchev–Trinajstić information content (AvgIpc) is 3.91. The molecule has 1 saturated carbocycles. The van der Waals surface area contributed by atoms with Crippen LogP contribution in [0.1, 0.15) is 75.3 Å². The molecule has 1 aliphatic carbocycles. The molecule has 9 rings (SSSR count). The first kappa shape index (κ1) is 41.7. The lowest BCUT2D eigenvalue weighted by molar-refractivity contribution is -0.201. The first-order valence-electron chi connectivity index (χ1n) is 22.0. The number of hydrogen-bond donors (Lipinski definition) is 5. The summed E-state index contributed by atoms with van der Waals surface area (Å²) in [5.74, 6) is 0.884. The van der Waals surface area contributed by atoms with Crippen molar-refractivity contribution in [1.29, 1.82) is 0 Å². The molecule has 324 valence electrons. The molecule has 5 N–H and O–H groups in total. The summed E-state index contributed by atoms with van der Waals surface area (Å²) in [6.45, 7) is 10.0. The van der Waals surface area contributed by atoms with Gasteiger partial charge in [-0.05, 0) is 87.4 Å². The second kappa shape index (κ2) is 15.0. The number of amides is 1. The highest BCUT2D eigenvalue weighted by Crippen LogP contribution is 2.67. The van der Waals surface area contributed by atoms with Crippen LogP contribution in [-0.4, -0.2) is 143 Å². The van der Waals surface area contributed by atoms with Crippen LogP contribution in [0.5, 0.6) is 5.75 Å².